The molecule has 0 unspecified atom stereocenters. The van der Waals surface area contributed by atoms with Crippen LogP contribution in [0, 0.1) is 0 Å². The Hall–Kier alpha value is -3.75. The molecule has 0 aliphatic carbocycles. The third-order valence-corrected chi connectivity index (χ3v) is 3.89. The number of ether oxygens (including phenoxy) is 4. The molecule has 0 atom stereocenters. The average molecular weight is 401 g/mol. The van der Waals surface area contributed by atoms with E-state index in [4.69, 9.17) is 18.9 Å². The smallest absolute Gasteiger partial charge is 0.259 e. The molecule has 0 aromatic heterocycles. The van der Waals surface area contributed by atoms with Crippen molar-refractivity contribution in [1.29, 1.82) is 0 Å². The molecule has 154 valence electrons. The van der Waals surface area contributed by atoms with Crippen LogP contribution >= 0.6 is 0 Å². The second-order valence-electron chi connectivity index (χ2n) is 5.65. The lowest BCUT2D eigenvalue weighted by molar-refractivity contribution is -0.120. The van der Waals surface area contributed by atoms with Crippen LogP contribution in [0.15, 0.2) is 41.5 Å². The summed E-state index contributed by atoms with van der Waals surface area (Å²) in [7, 11) is 6.08. The molecule has 0 radical (unpaired) electrons. The van der Waals surface area contributed by atoms with Crippen molar-refractivity contribution in [3.05, 3.63) is 47.5 Å². The van der Waals surface area contributed by atoms with Gasteiger partial charge in [0.2, 0.25) is 0 Å². The summed E-state index contributed by atoms with van der Waals surface area (Å²) in [4.78, 5) is 24.0. The van der Waals surface area contributed by atoms with Gasteiger partial charge in [0.25, 0.3) is 11.8 Å². The largest absolute Gasteiger partial charge is 0.497 e. The van der Waals surface area contributed by atoms with Gasteiger partial charge in [-0.15, -0.1) is 0 Å². The van der Waals surface area contributed by atoms with Crippen molar-refractivity contribution in [3.8, 4) is 23.0 Å². The highest BCUT2D eigenvalue weighted by Gasteiger charge is 2.11. The van der Waals surface area contributed by atoms with E-state index >= 15 is 0 Å². The van der Waals surface area contributed by atoms with E-state index in [-0.39, 0.29) is 12.5 Å². The fourth-order valence-corrected chi connectivity index (χ4v) is 2.37. The number of carbonyl (C=O) groups excluding carboxylic acids is 2. The van der Waals surface area contributed by atoms with Gasteiger partial charge in [0, 0.05) is 17.2 Å². The van der Waals surface area contributed by atoms with E-state index in [0.29, 0.717) is 34.1 Å². The summed E-state index contributed by atoms with van der Waals surface area (Å²) in [5, 5.41) is 6.40. The highest BCUT2D eigenvalue weighted by atomic mass is 16.5. The number of amides is 2. The molecule has 2 rings (SSSR count). The van der Waals surface area contributed by atoms with Gasteiger partial charge in [0.1, 0.15) is 11.5 Å². The number of methoxy groups -OCH3 is 4. The Morgan fingerprint density at radius 2 is 1.52 bits per heavy atom. The quantitative estimate of drug-likeness (QED) is 0.488. The Kier molecular flexibility index (Phi) is 7.84. The Labute approximate surface area is 168 Å². The Morgan fingerprint density at radius 3 is 2.10 bits per heavy atom. The van der Waals surface area contributed by atoms with E-state index in [1.54, 1.807) is 36.4 Å². The summed E-state index contributed by atoms with van der Waals surface area (Å²) in [5.41, 5.74) is 3.33. The van der Waals surface area contributed by atoms with Gasteiger partial charge in [-0.1, -0.05) is 0 Å². The van der Waals surface area contributed by atoms with Gasteiger partial charge in [-0.3, -0.25) is 9.59 Å². The van der Waals surface area contributed by atoms with Gasteiger partial charge in [-0.25, -0.2) is 5.43 Å². The van der Waals surface area contributed by atoms with Gasteiger partial charge >= 0.3 is 0 Å². The van der Waals surface area contributed by atoms with E-state index in [2.05, 4.69) is 15.8 Å². The van der Waals surface area contributed by atoms with Gasteiger partial charge < -0.3 is 24.3 Å². The Bertz CT molecular complexity index is 881. The minimum Gasteiger partial charge on any atom is -0.497 e. The summed E-state index contributed by atoms with van der Waals surface area (Å²) in [6.45, 7) is -0.231. The minimum absolute atomic E-state index is 0.231. The van der Waals surface area contributed by atoms with Crippen LogP contribution in [0.1, 0.15) is 15.9 Å². The van der Waals surface area contributed by atoms with Crippen molar-refractivity contribution in [2.45, 2.75) is 0 Å². The minimum atomic E-state index is -0.484. The molecule has 0 aliphatic rings. The maximum absolute atomic E-state index is 12.0. The number of benzene rings is 2. The SMILES string of the molecule is COc1ccc(C(=O)NCC(=O)N/N=C/c2cc(OC)c(OC)cc2OC)cc1. The van der Waals surface area contributed by atoms with Crippen LogP contribution in [0.3, 0.4) is 0 Å². The van der Waals surface area contributed by atoms with Crippen LogP contribution in [0.25, 0.3) is 0 Å². The van der Waals surface area contributed by atoms with Crippen LogP contribution in [0.4, 0.5) is 0 Å². The van der Waals surface area contributed by atoms with E-state index < -0.39 is 5.91 Å². The number of carbonyl (C=O) groups is 2. The fourth-order valence-electron chi connectivity index (χ4n) is 2.37. The number of nitrogens with one attached hydrogen (secondary N) is 2. The first-order valence-corrected chi connectivity index (χ1v) is 8.56. The first-order chi connectivity index (χ1) is 14.0. The van der Waals surface area contributed by atoms with Crippen molar-refractivity contribution < 1.29 is 28.5 Å². The second-order valence-corrected chi connectivity index (χ2v) is 5.65. The summed E-state index contributed by atoms with van der Waals surface area (Å²) in [6, 6.07) is 9.85. The molecule has 2 aromatic rings. The number of hydrogen-bond donors (Lipinski definition) is 2. The zero-order valence-electron chi connectivity index (χ0n) is 16.6. The number of rotatable bonds is 9. The zero-order valence-corrected chi connectivity index (χ0v) is 16.6. The van der Waals surface area contributed by atoms with Gasteiger partial charge in [-0.05, 0) is 30.3 Å². The molecule has 0 saturated carbocycles. The van der Waals surface area contributed by atoms with Crippen molar-refractivity contribution in [2.24, 2.45) is 5.10 Å². The van der Waals surface area contributed by atoms with Crippen molar-refractivity contribution in [2.75, 3.05) is 35.0 Å². The highest BCUT2D eigenvalue weighted by molar-refractivity contribution is 5.96. The number of nitrogens with zero attached hydrogens (tertiary/aromatic N) is 1. The molecule has 0 aliphatic heterocycles. The Balaban J connectivity index is 1.92. The zero-order chi connectivity index (χ0) is 21.2. The summed E-state index contributed by atoms with van der Waals surface area (Å²) < 4.78 is 20.8. The molecule has 9 nitrogen and oxygen atoms in total. The molecule has 0 saturated heterocycles. The van der Waals surface area contributed by atoms with Crippen LogP contribution in [0.2, 0.25) is 0 Å². The average Bonchev–Trinajstić information content (AvgIpc) is 2.76. The predicted molar refractivity (Wildman–Crippen MR) is 107 cm³/mol. The second kappa shape index (κ2) is 10.5. The normalized spacial score (nSPS) is 10.3. The molecule has 0 bridgehead atoms. The molecule has 29 heavy (non-hydrogen) atoms. The van der Waals surface area contributed by atoms with E-state index in [1.807, 2.05) is 0 Å². The van der Waals surface area contributed by atoms with E-state index in [1.165, 1.54) is 34.7 Å². The maximum Gasteiger partial charge on any atom is 0.259 e. The maximum atomic E-state index is 12.0. The molecule has 2 N–H and O–H groups in total. The van der Waals surface area contributed by atoms with E-state index in [9.17, 15) is 9.59 Å². The summed E-state index contributed by atoms with van der Waals surface area (Å²) >= 11 is 0. The lowest BCUT2D eigenvalue weighted by Gasteiger charge is -2.11. The first-order valence-electron chi connectivity index (χ1n) is 8.56. The topological polar surface area (TPSA) is 107 Å². The third kappa shape index (κ3) is 5.86. The monoisotopic (exact) mass is 401 g/mol. The van der Waals surface area contributed by atoms with Gasteiger partial charge in [0.15, 0.2) is 11.5 Å². The highest BCUT2D eigenvalue weighted by Crippen LogP contribution is 2.33. The fraction of sp³-hybridized carbons (Fsp3) is 0.250. The van der Waals surface area contributed by atoms with Crippen molar-refractivity contribution in [3.63, 3.8) is 0 Å². The molecular formula is C20H23N3O6. The standard InChI is InChI=1S/C20H23N3O6/c1-26-15-7-5-13(6-8-15)20(25)21-12-19(24)23-22-11-14-9-17(28-3)18(29-4)10-16(14)27-2/h5-11H,12H2,1-4H3,(H,21,25)(H,23,24)/b22-11+. The lowest BCUT2D eigenvalue weighted by atomic mass is 10.2. The van der Waals surface area contributed by atoms with Crippen LogP contribution in [-0.4, -0.2) is 53.0 Å². The molecule has 0 heterocycles. The van der Waals surface area contributed by atoms with E-state index in [0.717, 1.165) is 0 Å². The number of hydrogen-bond acceptors (Lipinski definition) is 7. The van der Waals surface area contributed by atoms with Crippen LogP contribution in [0.5, 0.6) is 23.0 Å². The molecule has 0 fully saturated rings. The van der Waals surface area contributed by atoms with Crippen molar-refractivity contribution >= 4 is 18.0 Å². The van der Waals surface area contributed by atoms with Crippen LogP contribution < -0.4 is 29.7 Å². The third-order valence-electron chi connectivity index (χ3n) is 3.89. The predicted octanol–water partition coefficient (Wildman–Crippen LogP) is 1.60. The molecule has 9 heteroatoms. The summed E-state index contributed by atoms with van der Waals surface area (Å²) in [6.07, 6.45) is 1.41. The molecular weight excluding hydrogens is 378 g/mol. The number of hydrazone groups is 1. The van der Waals surface area contributed by atoms with Crippen molar-refractivity contribution in [1.82, 2.24) is 10.7 Å². The molecule has 0 spiro atoms. The summed E-state index contributed by atoms with van der Waals surface area (Å²) in [5.74, 6) is 1.27. The van der Waals surface area contributed by atoms with Gasteiger partial charge in [-0.2, -0.15) is 5.10 Å². The van der Waals surface area contributed by atoms with Crippen LogP contribution in [-0.2, 0) is 4.79 Å². The van der Waals surface area contributed by atoms with Gasteiger partial charge in [0.05, 0.1) is 41.2 Å². The molecule has 2 amide bonds. The molecule has 2 aromatic carbocycles. The Morgan fingerprint density at radius 1 is 0.897 bits per heavy atom. The first kappa shape index (κ1) is 21.5. The lowest BCUT2D eigenvalue weighted by Crippen LogP contribution is -2.34.